The summed E-state index contributed by atoms with van der Waals surface area (Å²) in [5, 5.41) is 11.7. The van der Waals surface area contributed by atoms with E-state index < -0.39 is 17.7 Å². The summed E-state index contributed by atoms with van der Waals surface area (Å²) in [4.78, 5) is 20.3. The van der Waals surface area contributed by atoms with Crippen LogP contribution in [0.4, 0.5) is 9.18 Å². The third kappa shape index (κ3) is 5.08. The number of amides is 1. The Balaban J connectivity index is 1.64. The highest BCUT2D eigenvalue weighted by molar-refractivity contribution is 6.31. The van der Waals surface area contributed by atoms with Crippen molar-refractivity contribution in [2.75, 3.05) is 0 Å². The topological polar surface area (TPSA) is 95.7 Å². The first-order valence-electron chi connectivity index (χ1n) is 10.1. The van der Waals surface area contributed by atoms with Crippen LogP contribution in [0.3, 0.4) is 0 Å². The van der Waals surface area contributed by atoms with Gasteiger partial charge in [-0.25, -0.2) is 14.2 Å². The molecule has 7 nitrogen and oxygen atoms in total. The van der Waals surface area contributed by atoms with Gasteiger partial charge in [-0.2, -0.15) is 5.10 Å². The normalized spacial score (nSPS) is 12.7. The number of alkyl carbamates (subject to hydrolysis) is 1. The Kier molecular flexibility index (Phi) is 5.88. The Morgan fingerprint density at radius 1 is 1.22 bits per heavy atom. The molecule has 2 aromatic heterocycles. The van der Waals surface area contributed by atoms with Crippen LogP contribution in [0.2, 0.25) is 5.02 Å². The highest BCUT2D eigenvalue weighted by Gasteiger charge is 2.24. The van der Waals surface area contributed by atoms with Crippen LogP contribution in [0.25, 0.3) is 22.3 Å². The van der Waals surface area contributed by atoms with Gasteiger partial charge in [-0.3, -0.25) is 5.10 Å². The third-order valence-electron chi connectivity index (χ3n) is 4.78. The lowest BCUT2D eigenvalue weighted by atomic mass is 10.0. The molecule has 0 bridgehead atoms. The van der Waals surface area contributed by atoms with Crippen LogP contribution in [-0.4, -0.2) is 31.9 Å². The van der Waals surface area contributed by atoms with Gasteiger partial charge in [0.15, 0.2) is 5.82 Å². The van der Waals surface area contributed by atoms with E-state index in [1.807, 2.05) is 24.4 Å². The molecule has 3 N–H and O–H groups in total. The van der Waals surface area contributed by atoms with Gasteiger partial charge in [-0.05, 0) is 62.7 Å². The number of aromatic amines is 2. The molecule has 166 valence electrons. The average molecular weight is 456 g/mol. The molecule has 0 fully saturated rings. The SMILES string of the molecule is CC(C)(C)OC(=O)NC(Cc1c[nH]c2cc(Cl)ccc12)c1nc(-c2ccc(F)cc2)n[nH]1. The maximum Gasteiger partial charge on any atom is 0.408 e. The van der Waals surface area contributed by atoms with Crippen molar-refractivity contribution in [2.45, 2.75) is 38.8 Å². The molecule has 0 aliphatic carbocycles. The van der Waals surface area contributed by atoms with E-state index in [1.54, 1.807) is 32.9 Å². The number of halogens is 2. The molecule has 1 amide bonds. The molecule has 9 heteroatoms. The molecule has 1 unspecified atom stereocenters. The van der Waals surface area contributed by atoms with Crippen molar-refractivity contribution in [1.82, 2.24) is 25.5 Å². The highest BCUT2D eigenvalue weighted by atomic mass is 35.5. The number of rotatable bonds is 5. The number of H-pyrrole nitrogens is 2. The van der Waals surface area contributed by atoms with Crippen molar-refractivity contribution in [2.24, 2.45) is 0 Å². The van der Waals surface area contributed by atoms with E-state index in [-0.39, 0.29) is 5.82 Å². The Morgan fingerprint density at radius 3 is 2.69 bits per heavy atom. The molecule has 1 atom stereocenters. The van der Waals surface area contributed by atoms with Crippen LogP contribution in [0.15, 0.2) is 48.7 Å². The summed E-state index contributed by atoms with van der Waals surface area (Å²) < 4.78 is 18.7. The number of hydrogen-bond acceptors (Lipinski definition) is 4. The minimum Gasteiger partial charge on any atom is -0.444 e. The van der Waals surface area contributed by atoms with Gasteiger partial charge in [0.2, 0.25) is 0 Å². The molecular formula is C23H23ClFN5O2. The lowest BCUT2D eigenvalue weighted by Gasteiger charge is -2.22. The van der Waals surface area contributed by atoms with E-state index in [2.05, 4.69) is 25.5 Å². The number of benzene rings is 2. The molecule has 32 heavy (non-hydrogen) atoms. The van der Waals surface area contributed by atoms with E-state index in [0.717, 1.165) is 16.5 Å². The van der Waals surface area contributed by atoms with Crippen LogP contribution >= 0.6 is 11.6 Å². The van der Waals surface area contributed by atoms with Gasteiger partial charge in [-0.1, -0.05) is 17.7 Å². The van der Waals surface area contributed by atoms with Gasteiger partial charge in [0.1, 0.15) is 17.2 Å². The molecular weight excluding hydrogens is 433 g/mol. The molecule has 0 aliphatic rings. The summed E-state index contributed by atoms with van der Waals surface area (Å²) in [6.45, 7) is 5.39. The van der Waals surface area contributed by atoms with Crippen LogP contribution < -0.4 is 5.32 Å². The molecule has 0 radical (unpaired) electrons. The number of carbonyl (C=O) groups is 1. The zero-order chi connectivity index (χ0) is 22.9. The molecule has 4 rings (SSSR count). The van der Waals surface area contributed by atoms with Gasteiger partial charge in [0, 0.05) is 34.1 Å². The van der Waals surface area contributed by atoms with Crippen molar-refractivity contribution in [3.63, 3.8) is 0 Å². The standard InChI is InChI=1S/C23H23ClFN5O2/c1-23(2,3)32-22(31)27-19(10-14-12-26-18-11-15(24)6-9-17(14)18)21-28-20(29-30-21)13-4-7-16(25)8-5-13/h4-9,11-12,19,26H,10H2,1-3H3,(H,27,31)(H,28,29,30). The maximum atomic E-state index is 13.3. The number of fused-ring (bicyclic) bond motifs is 1. The fraction of sp³-hybridized carbons (Fsp3) is 0.261. The molecule has 2 heterocycles. The first-order valence-corrected chi connectivity index (χ1v) is 10.5. The van der Waals surface area contributed by atoms with Crippen molar-refractivity contribution in [1.29, 1.82) is 0 Å². The van der Waals surface area contributed by atoms with Crippen LogP contribution in [0.1, 0.15) is 38.2 Å². The van der Waals surface area contributed by atoms with Crippen molar-refractivity contribution < 1.29 is 13.9 Å². The third-order valence-corrected chi connectivity index (χ3v) is 5.01. The molecule has 2 aromatic carbocycles. The maximum absolute atomic E-state index is 13.3. The number of carbonyl (C=O) groups excluding carboxylic acids is 1. The average Bonchev–Trinajstić information content (AvgIpc) is 3.34. The summed E-state index contributed by atoms with van der Waals surface area (Å²) in [6.07, 6.45) is 1.74. The molecule has 4 aromatic rings. The number of nitrogens with one attached hydrogen (secondary N) is 3. The van der Waals surface area contributed by atoms with E-state index in [1.165, 1.54) is 12.1 Å². The number of aromatic nitrogens is 4. The van der Waals surface area contributed by atoms with Crippen molar-refractivity contribution in [3.05, 3.63) is 70.9 Å². The second-order valence-electron chi connectivity index (χ2n) is 8.46. The van der Waals surface area contributed by atoms with Gasteiger partial charge in [0.05, 0.1) is 6.04 Å². The second-order valence-corrected chi connectivity index (χ2v) is 8.89. The number of ether oxygens (including phenoxy) is 1. The Bertz CT molecular complexity index is 1240. The first-order chi connectivity index (χ1) is 15.2. The summed E-state index contributed by atoms with van der Waals surface area (Å²) >= 11 is 6.09. The van der Waals surface area contributed by atoms with E-state index in [0.29, 0.717) is 28.7 Å². The Hall–Kier alpha value is -3.39. The van der Waals surface area contributed by atoms with E-state index in [4.69, 9.17) is 16.3 Å². The quantitative estimate of drug-likeness (QED) is 0.367. The zero-order valence-corrected chi connectivity index (χ0v) is 18.6. The lowest BCUT2D eigenvalue weighted by Crippen LogP contribution is -2.36. The number of hydrogen-bond donors (Lipinski definition) is 3. The minimum absolute atomic E-state index is 0.339. The molecule has 0 saturated carbocycles. The number of nitrogens with zero attached hydrogens (tertiary/aromatic N) is 2. The fourth-order valence-corrected chi connectivity index (χ4v) is 3.54. The summed E-state index contributed by atoms with van der Waals surface area (Å²) in [6, 6.07) is 10.9. The van der Waals surface area contributed by atoms with Gasteiger partial charge >= 0.3 is 6.09 Å². The van der Waals surface area contributed by atoms with E-state index in [9.17, 15) is 9.18 Å². The largest absolute Gasteiger partial charge is 0.444 e. The Morgan fingerprint density at radius 2 is 1.97 bits per heavy atom. The first kappa shape index (κ1) is 21.8. The van der Waals surface area contributed by atoms with Gasteiger partial charge in [-0.15, -0.1) is 0 Å². The van der Waals surface area contributed by atoms with Gasteiger partial charge in [0.25, 0.3) is 0 Å². The van der Waals surface area contributed by atoms with Gasteiger partial charge < -0.3 is 15.0 Å². The smallest absolute Gasteiger partial charge is 0.408 e. The summed E-state index contributed by atoms with van der Waals surface area (Å²) in [5.41, 5.74) is 1.88. The molecule has 0 aliphatic heterocycles. The van der Waals surface area contributed by atoms with Crippen LogP contribution in [-0.2, 0) is 11.2 Å². The lowest BCUT2D eigenvalue weighted by molar-refractivity contribution is 0.0501. The summed E-state index contributed by atoms with van der Waals surface area (Å²) in [7, 11) is 0. The molecule has 0 spiro atoms. The fourth-order valence-electron chi connectivity index (χ4n) is 3.37. The predicted octanol–water partition coefficient (Wildman–Crippen LogP) is 5.55. The predicted molar refractivity (Wildman–Crippen MR) is 121 cm³/mol. The second kappa shape index (κ2) is 8.63. The summed E-state index contributed by atoms with van der Waals surface area (Å²) in [5.74, 6) is 0.522. The van der Waals surface area contributed by atoms with Crippen LogP contribution in [0, 0.1) is 5.82 Å². The Labute approximate surface area is 189 Å². The molecule has 0 saturated heterocycles. The van der Waals surface area contributed by atoms with Crippen LogP contribution in [0.5, 0.6) is 0 Å². The minimum atomic E-state index is -0.646. The zero-order valence-electron chi connectivity index (χ0n) is 17.9. The monoisotopic (exact) mass is 455 g/mol. The van der Waals surface area contributed by atoms with Crippen molar-refractivity contribution in [3.8, 4) is 11.4 Å². The van der Waals surface area contributed by atoms with Crippen molar-refractivity contribution >= 4 is 28.6 Å². The van der Waals surface area contributed by atoms with E-state index >= 15 is 0 Å². The highest BCUT2D eigenvalue weighted by Crippen LogP contribution is 2.27.